The molecule has 1 N–H and O–H groups in total. The molecule has 0 spiro atoms. The Kier molecular flexibility index (Phi) is 6.39. The molecule has 0 atom stereocenters. The highest BCUT2D eigenvalue weighted by Crippen LogP contribution is 2.28. The molecule has 0 aliphatic rings. The molecule has 26 heavy (non-hydrogen) atoms. The maximum absolute atomic E-state index is 12.1. The number of benzene rings is 1. The maximum Gasteiger partial charge on any atom is 0.286 e. The van der Waals surface area contributed by atoms with Gasteiger partial charge in [0.15, 0.2) is 11.3 Å². The average Bonchev–Trinajstić information content (AvgIpc) is 3.27. The Hall–Kier alpha value is -2.21. The van der Waals surface area contributed by atoms with Crippen molar-refractivity contribution in [3.05, 3.63) is 47.4 Å². The second-order valence-electron chi connectivity index (χ2n) is 6.27. The van der Waals surface area contributed by atoms with E-state index in [2.05, 4.69) is 17.2 Å². The fourth-order valence-electron chi connectivity index (χ4n) is 2.68. The number of fused-ring (bicyclic) bond motifs is 1. The molecule has 3 rings (SSSR count). The van der Waals surface area contributed by atoms with Gasteiger partial charge in [-0.1, -0.05) is 50.1 Å². The predicted octanol–water partition coefficient (Wildman–Crippen LogP) is 5.33. The van der Waals surface area contributed by atoms with Crippen LogP contribution in [0.15, 0.2) is 44.4 Å². The first-order chi connectivity index (χ1) is 12.7. The highest BCUT2D eigenvalue weighted by molar-refractivity contribution is 7.98. The first kappa shape index (κ1) is 18.6. The third-order valence-electron chi connectivity index (χ3n) is 4.14. The Labute approximate surface area is 157 Å². The van der Waals surface area contributed by atoms with Crippen molar-refractivity contribution in [2.24, 2.45) is 0 Å². The highest BCUT2D eigenvalue weighted by Gasteiger charge is 2.13. The molecule has 5 nitrogen and oxygen atoms in total. The molecule has 2 aromatic heterocycles. The summed E-state index contributed by atoms with van der Waals surface area (Å²) in [5.74, 6) is 1.49. The first-order valence-electron chi connectivity index (χ1n) is 9.03. The standard InChI is InChI=1S/C20H24N2O3S/c1-3-4-5-6-12-21-19(23)17-11-10-15(24-17)13-26-20-22-18-14(2)8-7-9-16(18)25-20/h7-11H,3-6,12-13H2,1-2H3,(H,21,23). The molecular weight excluding hydrogens is 348 g/mol. The molecule has 6 heteroatoms. The van der Waals surface area contributed by atoms with E-state index in [9.17, 15) is 4.79 Å². The van der Waals surface area contributed by atoms with Gasteiger partial charge in [-0.25, -0.2) is 4.98 Å². The van der Waals surface area contributed by atoms with Crippen LogP contribution in [0.2, 0.25) is 0 Å². The van der Waals surface area contributed by atoms with Gasteiger partial charge in [-0.15, -0.1) is 0 Å². The zero-order valence-corrected chi connectivity index (χ0v) is 16.0. The van der Waals surface area contributed by atoms with Gasteiger partial charge in [-0.05, 0) is 37.1 Å². The molecule has 0 fully saturated rings. The largest absolute Gasteiger partial charge is 0.455 e. The molecule has 1 amide bonds. The normalized spacial score (nSPS) is 11.2. The van der Waals surface area contributed by atoms with Gasteiger partial charge >= 0.3 is 0 Å². The average molecular weight is 372 g/mol. The Morgan fingerprint density at radius 1 is 1.15 bits per heavy atom. The minimum absolute atomic E-state index is 0.157. The fourth-order valence-corrected chi connectivity index (χ4v) is 3.40. The zero-order chi connectivity index (χ0) is 18.4. The number of para-hydroxylation sites is 1. The summed E-state index contributed by atoms with van der Waals surface area (Å²) >= 11 is 1.46. The number of nitrogens with one attached hydrogen (secondary N) is 1. The number of furan rings is 1. The third-order valence-corrected chi connectivity index (χ3v) is 4.99. The van der Waals surface area contributed by atoms with Crippen LogP contribution in [0.4, 0.5) is 0 Å². The van der Waals surface area contributed by atoms with E-state index >= 15 is 0 Å². The minimum atomic E-state index is -0.157. The SMILES string of the molecule is CCCCCCNC(=O)c1ccc(CSc2nc3c(C)cccc3o2)o1. The van der Waals surface area contributed by atoms with Gasteiger partial charge in [0.05, 0.1) is 5.75 Å². The van der Waals surface area contributed by atoms with E-state index in [0.29, 0.717) is 23.3 Å². The minimum Gasteiger partial charge on any atom is -0.455 e. The van der Waals surface area contributed by atoms with Gasteiger partial charge in [-0.3, -0.25) is 4.79 Å². The molecule has 138 valence electrons. The van der Waals surface area contributed by atoms with Crippen LogP contribution in [0, 0.1) is 6.92 Å². The van der Waals surface area contributed by atoms with E-state index in [-0.39, 0.29) is 5.91 Å². The van der Waals surface area contributed by atoms with Crippen LogP contribution >= 0.6 is 11.8 Å². The lowest BCUT2D eigenvalue weighted by molar-refractivity contribution is 0.0924. The van der Waals surface area contributed by atoms with Gasteiger partial charge < -0.3 is 14.2 Å². The molecule has 0 aliphatic carbocycles. The van der Waals surface area contributed by atoms with Crippen molar-refractivity contribution in [1.29, 1.82) is 0 Å². The van der Waals surface area contributed by atoms with E-state index in [1.54, 1.807) is 6.07 Å². The van der Waals surface area contributed by atoms with Gasteiger partial charge in [0.25, 0.3) is 11.1 Å². The Bertz CT molecular complexity index is 869. The topological polar surface area (TPSA) is 68.3 Å². The third kappa shape index (κ3) is 4.69. The molecular formula is C20H24N2O3S. The van der Waals surface area contributed by atoms with Crippen molar-refractivity contribution in [3.63, 3.8) is 0 Å². The molecule has 2 heterocycles. The van der Waals surface area contributed by atoms with Crippen molar-refractivity contribution in [3.8, 4) is 0 Å². The molecule has 0 saturated heterocycles. The molecule has 1 aromatic carbocycles. The van der Waals surface area contributed by atoms with Crippen LogP contribution in [0.3, 0.4) is 0 Å². The number of aromatic nitrogens is 1. The van der Waals surface area contributed by atoms with Gasteiger partial charge in [0, 0.05) is 6.54 Å². The van der Waals surface area contributed by atoms with Crippen molar-refractivity contribution < 1.29 is 13.6 Å². The summed E-state index contributed by atoms with van der Waals surface area (Å²) in [6.07, 6.45) is 4.53. The number of hydrogen-bond acceptors (Lipinski definition) is 5. The predicted molar refractivity (Wildman–Crippen MR) is 103 cm³/mol. The number of nitrogens with zero attached hydrogens (tertiary/aromatic N) is 1. The lowest BCUT2D eigenvalue weighted by Gasteiger charge is -2.02. The summed E-state index contributed by atoms with van der Waals surface area (Å²) in [6, 6.07) is 9.42. The lowest BCUT2D eigenvalue weighted by atomic mass is 10.2. The lowest BCUT2D eigenvalue weighted by Crippen LogP contribution is -2.23. The molecule has 0 bridgehead atoms. The Morgan fingerprint density at radius 3 is 2.85 bits per heavy atom. The number of rotatable bonds is 9. The van der Waals surface area contributed by atoms with Gasteiger partial charge in [0.2, 0.25) is 0 Å². The summed E-state index contributed by atoms with van der Waals surface area (Å²) in [4.78, 5) is 16.6. The van der Waals surface area contributed by atoms with E-state index in [0.717, 1.165) is 35.3 Å². The number of thioether (sulfide) groups is 1. The van der Waals surface area contributed by atoms with Crippen LogP contribution in [-0.2, 0) is 5.75 Å². The smallest absolute Gasteiger partial charge is 0.286 e. The molecule has 3 aromatic rings. The molecule has 0 unspecified atom stereocenters. The summed E-state index contributed by atoms with van der Waals surface area (Å²) < 4.78 is 11.4. The van der Waals surface area contributed by atoms with Gasteiger partial charge in [0.1, 0.15) is 11.3 Å². The number of unbranched alkanes of at least 4 members (excludes halogenated alkanes) is 3. The Balaban J connectivity index is 1.51. The second kappa shape index (κ2) is 8.94. The molecule has 0 aliphatic heterocycles. The number of carbonyl (C=O) groups is 1. The fraction of sp³-hybridized carbons (Fsp3) is 0.400. The van der Waals surface area contributed by atoms with Crippen molar-refractivity contribution >= 4 is 28.8 Å². The summed E-state index contributed by atoms with van der Waals surface area (Å²) in [5, 5.41) is 3.50. The molecule has 0 saturated carbocycles. The van der Waals surface area contributed by atoms with E-state index < -0.39 is 0 Å². The second-order valence-corrected chi connectivity index (χ2v) is 7.20. The Morgan fingerprint density at radius 2 is 2.04 bits per heavy atom. The van der Waals surface area contributed by atoms with Crippen molar-refractivity contribution in [1.82, 2.24) is 10.3 Å². The zero-order valence-electron chi connectivity index (χ0n) is 15.2. The number of amides is 1. The number of oxazole rings is 1. The van der Waals surface area contributed by atoms with Crippen LogP contribution in [-0.4, -0.2) is 17.4 Å². The summed E-state index contributed by atoms with van der Waals surface area (Å²) in [5.41, 5.74) is 2.77. The van der Waals surface area contributed by atoms with E-state index in [1.807, 2.05) is 31.2 Å². The van der Waals surface area contributed by atoms with E-state index in [4.69, 9.17) is 8.83 Å². The van der Waals surface area contributed by atoms with Crippen LogP contribution in [0.25, 0.3) is 11.1 Å². The number of carbonyl (C=O) groups excluding carboxylic acids is 1. The first-order valence-corrected chi connectivity index (χ1v) is 10.0. The quantitative estimate of drug-likeness (QED) is 0.406. The summed E-state index contributed by atoms with van der Waals surface area (Å²) in [6.45, 7) is 4.87. The monoisotopic (exact) mass is 372 g/mol. The van der Waals surface area contributed by atoms with Crippen LogP contribution in [0.5, 0.6) is 0 Å². The van der Waals surface area contributed by atoms with Crippen molar-refractivity contribution in [2.45, 2.75) is 50.5 Å². The van der Waals surface area contributed by atoms with Crippen LogP contribution < -0.4 is 5.32 Å². The molecule has 0 radical (unpaired) electrons. The maximum atomic E-state index is 12.1. The number of hydrogen-bond donors (Lipinski definition) is 1. The highest BCUT2D eigenvalue weighted by atomic mass is 32.2. The number of aryl methyl sites for hydroxylation is 1. The summed E-state index contributed by atoms with van der Waals surface area (Å²) in [7, 11) is 0. The van der Waals surface area contributed by atoms with Crippen LogP contribution in [0.1, 0.15) is 54.5 Å². The van der Waals surface area contributed by atoms with Gasteiger partial charge in [-0.2, -0.15) is 0 Å². The van der Waals surface area contributed by atoms with E-state index in [1.165, 1.54) is 24.6 Å². The van der Waals surface area contributed by atoms with Crippen molar-refractivity contribution in [2.75, 3.05) is 6.54 Å².